The summed E-state index contributed by atoms with van der Waals surface area (Å²) in [6.45, 7) is 5.59. The van der Waals surface area contributed by atoms with E-state index in [1.807, 2.05) is 0 Å². The van der Waals surface area contributed by atoms with Crippen molar-refractivity contribution in [1.29, 1.82) is 0 Å². The van der Waals surface area contributed by atoms with Crippen molar-refractivity contribution in [2.45, 2.75) is 83.2 Å². The fraction of sp³-hybridized carbons (Fsp3) is 1.00. The zero-order valence-electron chi connectivity index (χ0n) is 12.4. The van der Waals surface area contributed by atoms with Crippen LogP contribution in [0.4, 0.5) is 0 Å². The van der Waals surface area contributed by atoms with Crippen LogP contribution in [0.5, 0.6) is 0 Å². The molecule has 2 atom stereocenters. The van der Waals surface area contributed by atoms with E-state index >= 15 is 0 Å². The van der Waals surface area contributed by atoms with Crippen LogP contribution in [0, 0.1) is 11.8 Å². The third kappa shape index (κ3) is 3.48. The highest BCUT2D eigenvalue weighted by molar-refractivity contribution is 4.95. The fourth-order valence-corrected chi connectivity index (χ4v) is 4.01. The highest BCUT2D eigenvalue weighted by atomic mass is 15.0. The fourth-order valence-electron chi connectivity index (χ4n) is 4.01. The summed E-state index contributed by atoms with van der Waals surface area (Å²) >= 11 is 0. The average Bonchev–Trinajstić information content (AvgIpc) is 2.75. The van der Waals surface area contributed by atoms with E-state index in [0.717, 1.165) is 24.4 Å². The van der Waals surface area contributed by atoms with Crippen molar-refractivity contribution in [3.63, 3.8) is 0 Å². The molecule has 0 aliphatic heterocycles. The SMILES string of the molecule is CC(C)C1CCCC(CN)(NC2CCCC2)CC1. The van der Waals surface area contributed by atoms with Gasteiger partial charge in [0.15, 0.2) is 0 Å². The second-order valence-electron chi connectivity index (χ2n) is 7.05. The van der Waals surface area contributed by atoms with E-state index in [4.69, 9.17) is 5.73 Å². The minimum Gasteiger partial charge on any atom is -0.329 e. The van der Waals surface area contributed by atoms with Gasteiger partial charge in [0.05, 0.1) is 0 Å². The lowest BCUT2D eigenvalue weighted by atomic mass is 9.86. The molecule has 2 heteroatoms. The van der Waals surface area contributed by atoms with Crippen molar-refractivity contribution in [2.75, 3.05) is 6.54 Å². The van der Waals surface area contributed by atoms with Crippen molar-refractivity contribution < 1.29 is 0 Å². The van der Waals surface area contributed by atoms with Gasteiger partial charge < -0.3 is 11.1 Å². The van der Waals surface area contributed by atoms with Gasteiger partial charge in [0.1, 0.15) is 0 Å². The smallest absolute Gasteiger partial charge is 0.0306 e. The predicted octanol–water partition coefficient (Wildman–Crippen LogP) is 3.45. The van der Waals surface area contributed by atoms with E-state index < -0.39 is 0 Å². The van der Waals surface area contributed by atoms with Crippen LogP contribution >= 0.6 is 0 Å². The first kappa shape index (κ1) is 14.3. The van der Waals surface area contributed by atoms with E-state index in [9.17, 15) is 0 Å². The van der Waals surface area contributed by atoms with Gasteiger partial charge in [-0.25, -0.2) is 0 Å². The zero-order chi connectivity index (χ0) is 13.0. The van der Waals surface area contributed by atoms with E-state index in [2.05, 4.69) is 19.2 Å². The predicted molar refractivity (Wildman–Crippen MR) is 78.6 cm³/mol. The molecule has 0 heterocycles. The third-order valence-corrected chi connectivity index (χ3v) is 5.42. The Balaban J connectivity index is 1.94. The Labute approximate surface area is 113 Å². The van der Waals surface area contributed by atoms with Gasteiger partial charge in [-0.2, -0.15) is 0 Å². The molecule has 3 N–H and O–H groups in total. The van der Waals surface area contributed by atoms with Crippen molar-refractivity contribution in [2.24, 2.45) is 17.6 Å². The van der Waals surface area contributed by atoms with Crippen molar-refractivity contribution in [3.05, 3.63) is 0 Å². The summed E-state index contributed by atoms with van der Waals surface area (Å²) in [5, 5.41) is 3.96. The minimum atomic E-state index is 0.263. The van der Waals surface area contributed by atoms with Crippen LogP contribution in [0.25, 0.3) is 0 Å². The zero-order valence-corrected chi connectivity index (χ0v) is 12.4. The summed E-state index contributed by atoms with van der Waals surface area (Å²) in [6.07, 6.45) is 12.3. The van der Waals surface area contributed by atoms with Gasteiger partial charge in [-0.3, -0.25) is 0 Å². The van der Waals surface area contributed by atoms with E-state index in [-0.39, 0.29) is 5.54 Å². The molecule has 2 nitrogen and oxygen atoms in total. The van der Waals surface area contributed by atoms with Crippen LogP contribution in [0.3, 0.4) is 0 Å². The molecule has 0 aromatic carbocycles. The molecule has 0 saturated heterocycles. The standard InChI is InChI=1S/C16H32N2/c1-13(2)14-6-5-10-16(12-17,11-9-14)18-15-7-3-4-8-15/h13-15,18H,3-12,17H2,1-2H3. The number of hydrogen-bond acceptors (Lipinski definition) is 2. The van der Waals surface area contributed by atoms with E-state index in [1.165, 1.54) is 57.8 Å². The number of rotatable bonds is 4. The number of nitrogens with two attached hydrogens (primary N) is 1. The molecule has 2 fully saturated rings. The van der Waals surface area contributed by atoms with Gasteiger partial charge in [-0.15, -0.1) is 0 Å². The number of nitrogens with one attached hydrogen (secondary N) is 1. The molecular weight excluding hydrogens is 220 g/mol. The van der Waals surface area contributed by atoms with Crippen LogP contribution in [-0.4, -0.2) is 18.1 Å². The maximum atomic E-state index is 6.14. The summed E-state index contributed by atoms with van der Waals surface area (Å²) < 4.78 is 0. The van der Waals surface area contributed by atoms with Gasteiger partial charge in [-0.1, -0.05) is 39.5 Å². The van der Waals surface area contributed by atoms with Crippen molar-refractivity contribution >= 4 is 0 Å². The minimum absolute atomic E-state index is 0.263. The van der Waals surface area contributed by atoms with Gasteiger partial charge in [0.2, 0.25) is 0 Å². The molecule has 2 rings (SSSR count). The monoisotopic (exact) mass is 252 g/mol. The maximum absolute atomic E-state index is 6.14. The molecule has 0 spiro atoms. The highest BCUT2D eigenvalue weighted by Gasteiger charge is 2.34. The summed E-state index contributed by atoms with van der Waals surface area (Å²) in [4.78, 5) is 0. The molecule has 2 aliphatic carbocycles. The number of hydrogen-bond donors (Lipinski definition) is 2. The molecule has 0 aromatic heterocycles. The first-order valence-electron chi connectivity index (χ1n) is 8.13. The largest absolute Gasteiger partial charge is 0.329 e. The Hall–Kier alpha value is -0.0800. The van der Waals surface area contributed by atoms with E-state index in [0.29, 0.717) is 0 Å². The molecule has 0 amide bonds. The highest BCUT2D eigenvalue weighted by Crippen LogP contribution is 2.35. The molecule has 2 saturated carbocycles. The normalized spacial score (nSPS) is 35.0. The van der Waals surface area contributed by atoms with Gasteiger partial charge in [0, 0.05) is 18.1 Å². The van der Waals surface area contributed by atoms with Gasteiger partial charge in [-0.05, 0) is 43.9 Å². The lowest BCUT2D eigenvalue weighted by Crippen LogP contribution is -2.54. The van der Waals surface area contributed by atoms with Crippen LogP contribution in [-0.2, 0) is 0 Å². The van der Waals surface area contributed by atoms with Crippen LogP contribution in [0.2, 0.25) is 0 Å². The Bertz CT molecular complexity index is 245. The quantitative estimate of drug-likeness (QED) is 0.752. The van der Waals surface area contributed by atoms with Gasteiger partial charge in [0.25, 0.3) is 0 Å². The van der Waals surface area contributed by atoms with Crippen LogP contribution in [0.1, 0.15) is 71.6 Å². The van der Waals surface area contributed by atoms with Gasteiger partial charge >= 0.3 is 0 Å². The lowest BCUT2D eigenvalue weighted by molar-refractivity contribution is 0.250. The lowest BCUT2D eigenvalue weighted by Gasteiger charge is -2.36. The topological polar surface area (TPSA) is 38.0 Å². The summed E-state index contributed by atoms with van der Waals surface area (Å²) in [5.41, 5.74) is 6.41. The third-order valence-electron chi connectivity index (χ3n) is 5.42. The Morgan fingerprint density at radius 3 is 2.39 bits per heavy atom. The summed E-state index contributed by atoms with van der Waals surface area (Å²) in [7, 11) is 0. The molecule has 0 aromatic rings. The summed E-state index contributed by atoms with van der Waals surface area (Å²) in [6, 6.07) is 0.754. The van der Waals surface area contributed by atoms with Crippen molar-refractivity contribution in [3.8, 4) is 0 Å². The van der Waals surface area contributed by atoms with Crippen LogP contribution in [0.15, 0.2) is 0 Å². The summed E-state index contributed by atoms with van der Waals surface area (Å²) in [5.74, 6) is 1.76. The van der Waals surface area contributed by atoms with E-state index in [1.54, 1.807) is 0 Å². The molecule has 2 aliphatic rings. The first-order valence-corrected chi connectivity index (χ1v) is 8.13. The first-order chi connectivity index (χ1) is 8.65. The Morgan fingerprint density at radius 2 is 1.78 bits per heavy atom. The average molecular weight is 252 g/mol. The Kier molecular flexibility index (Phi) is 5.08. The molecule has 106 valence electrons. The second kappa shape index (κ2) is 6.38. The second-order valence-corrected chi connectivity index (χ2v) is 7.05. The maximum Gasteiger partial charge on any atom is 0.0306 e. The Morgan fingerprint density at radius 1 is 1.06 bits per heavy atom. The molecule has 0 bridgehead atoms. The molecule has 2 unspecified atom stereocenters. The van der Waals surface area contributed by atoms with Crippen molar-refractivity contribution in [1.82, 2.24) is 5.32 Å². The molecular formula is C16H32N2. The molecule has 0 radical (unpaired) electrons. The molecule has 18 heavy (non-hydrogen) atoms. The van der Waals surface area contributed by atoms with Crippen LogP contribution < -0.4 is 11.1 Å².